The van der Waals surface area contributed by atoms with E-state index < -0.39 is 4.92 Å². The normalized spacial score (nSPS) is 16.8. The average molecular weight is 411 g/mol. The lowest BCUT2D eigenvalue weighted by atomic mass is 10.1. The number of amidine groups is 1. The minimum absolute atomic E-state index is 0.117. The minimum atomic E-state index is -0.482. The number of hydrogen-bond acceptors (Lipinski definition) is 6. The van der Waals surface area contributed by atoms with Gasteiger partial charge in [0.1, 0.15) is 5.75 Å². The predicted molar refractivity (Wildman–Crippen MR) is 115 cm³/mol. The molecule has 1 aliphatic heterocycles. The van der Waals surface area contributed by atoms with Crippen molar-refractivity contribution < 1.29 is 14.5 Å². The van der Waals surface area contributed by atoms with Crippen molar-refractivity contribution in [1.29, 1.82) is 0 Å². The molecule has 0 bridgehead atoms. The zero-order chi connectivity index (χ0) is 21.0. The Bertz CT molecular complexity index is 987. The summed E-state index contributed by atoms with van der Waals surface area (Å²) < 4.78 is 5.07. The van der Waals surface area contributed by atoms with Crippen LogP contribution in [0.25, 0.3) is 6.08 Å². The number of aliphatic imine (C=N–C) groups is 1. The third-order valence-corrected chi connectivity index (χ3v) is 5.14. The molecule has 0 unspecified atom stereocenters. The summed E-state index contributed by atoms with van der Waals surface area (Å²) in [5.74, 6) is 0.427. The highest BCUT2D eigenvalue weighted by molar-refractivity contribution is 8.18. The number of thioether (sulfide) groups is 1. The van der Waals surface area contributed by atoms with Gasteiger partial charge in [0.15, 0.2) is 5.17 Å². The lowest BCUT2D eigenvalue weighted by Crippen LogP contribution is -2.32. The van der Waals surface area contributed by atoms with Crippen molar-refractivity contribution in [2.24, 2.45) is 10.9 Å². The van der Waals surface area contributed by atoms with Gasteiger partial charge < -0.3 is 4.74 Å². The molecular formula is C21H21N3O4S. The molecule has 8 heteroatoms. The Morgan fingerprint density at radius 1 is 1.24 bits per heavy atom. The van der Waals surface area contributed by atoms with Crippen LogP contribution in [-0.2, 0) is 4.79 Å². The number of para-hydroxylation sites is 1. The molecule has 0 atom stereocenters. The molecule has 1 amide bonds. The first kappa shape index (κ1) is 20.6. The first-order chi connectivity index (χ1) is 13.9. The van der Waals surface area contributed by atoms with Crippen LogP contribution >= 0.6 is 11.8 Å². The number of carbonyl (C=O) groups is 1. The summed E-state index contributed by atoms with van der Waals surface area (Å²) in [4.78, 5) is 30.6. The van der Waals surface area contributed by atoms with Crippen LogP contribution in [0.4, 0.5) is 11.4 Å². The lowest BCUT2D eigenvalue weighted by molar-refractivity contribution is -0.385. The highest BCUT2D eigenvalue weighted by atomic mass is 32.2. The van der Waals surface area contributed by atoms with Crippen LogP contribution in [0.5, 0.6) is 5.75 Å². The van der Waals surface area contributed by atoms with E-state index >= 15 is 0 Å². The molecule has 0 N–H and O–H groups in total. The molecule has 0 aliphatic carbocycles. The molecule has 1 saturated heterocycles. The highest BCUT2D eigenvalue weighted by Crippen LogP contribution is 2.36. The SMILES string of the molecule is COc1ccc(C=C2SC(=Nc3ccccc3)N(CC(C)C)C2=O)c([N+](=O)[O-])c1. The van der Waals surface area contributed by atoms with Crippen LogP contribution in [0.1, 0.15) is 19.4 Å². The fourth-order valence-corrected chi connectivity index (χ4v) is 3.80. The molecular weight excluding hydrogens is 390 g/mol. The fourth-order valence-electron chi connectivity index (χ4n) is 2.80. The van der Waals surface area contributed by atoms with E-state index in [0.717, 1.165) is 5.69 Å². The average Bonchev–Trinajstić information content (AvgIpc) is 2.97. The van der Waals surface area contributed by atoms with Gasteiger partial charge in [0.05, 0.1) is 34.3 Å². The van der Waals surface area contributed by atoms with E-state index in [4.69, 9.17) is 4.74 Å². The molecule has 3 rings (SSSR count). The fraction of sp³-hybridized carbons (Fsp3) is 0.238. The first-order valence-electron chi connectivity index (χ1n) is 9.06. The van der Waals surface area contributed by atoms with Gasteiger partial charge in [-0.3, -0.25) is 19.8 Å². The molecule has 0 aromatic heterocycles. The van der Waals surface area contributed by atoms with Crippen molar-refractivity contribution in [2.45, 2.75) is 13.8 Å². The smallest absolute Gasteiger partial charge is 0.280 e. The van der Waals surface area contributed by atoms with Crippen LogP contribution in [0, 0.1) is 16.0 Å². The van der Waals surface area contributed by atoms with Crippen LogP contribution in [0.3, 0.4) is 0 Å². The van der Waals surface area contributed by atoms with E-state index in [1.807, 2.05) is 44.2 Å². The number of ether oxygens (including phenoxy) is 1. The maximum atomic E-state index is 13.0. The number of benzene rings is 2. The molecule has 150 valence electrons. The maximum Gasteiger partial charge on any atom is 0.280 e. The molecule has 29 heavy (non-hydrogen) atoms. The van der Waals surface area contributed by atoms with Crippen LogP contribution < -0.4 is 4.74 Å². The van der Waals surface area contributed by atoms with Gasteiger partial charge >= 0.3 is 0 Å². The van der Waals surface area contributed by atoms with Gasteiger partial charge in [-0.15, -0.1) is 0 Å². The standard InChI is InChI=1S/C21H21N3O4S/c1-14(2)13-23-20(25)19(29-21(23)22-16-7-5-4-6-8-16)11-15-9-10-17(28-3)12-18(15)24(26)27/h4-12,14H,13H2,1-3H3. The summed E-state index contributed by atoms with van der Waals surface area (Å²) >= 11 is 1.22. The van der Waals surface area contributed by atoms with Crippen molar-refractivity contribution in [1.82, 2.24) is 4.90 Å². The molecule has 0 spiro atoms. The van der Waals surface area contributed by atoms with E-state index in [9.17, 15) is 14.9 Å². The largest absolute Gasteiger partial charge is 0.497 e. The second-order valence-corrected chi connectivity index (χ2v) is 7.84. The van der Waals surface area contributed by atoms with Crippen molar-refractivity contribution in [3.63, 3.8) is 0 Å². The Morgan fingerprint density at radius 3 is 2.59 bits per heavy atom. The highest BCUT2D eigenvalue weighted by Gasteiger charge is 2.34. The zero-order valence-electron chi connectivity index (χ0n) is 16.4. The Labute approximate surface area is 173 Å². The third kappa shape index (κ3) is 4.83. The number of hydrogen-bond donors (Lipinski definition) is 0. The lowest BCUT2D eigenvalue weighted by Gasteiger charge is -2.17. The molecule has 0 radical (unpaired) electrons. The molecule has 1 fully saturated rings. The van der Waals surface area contributed by atoms with E-state index in [1.54, 1.807) is 23.1 Å². The molecule has 2 aromatic carbocycles. The van der Waals surface area contributed by atoms with Crippen LogP contribution in [0.15, 0.2) is 58.4 Å². The number of methoxy groups -OCH3 is 1. The number of carbonyl (C=O) groups excluding carboxylic acids is 1. The van der Waals surface area contributed by atoms with Gasteiger partial charge in [0, 0.05) is 6.54 Å². The molecule has 0 saturated carbocycles. The molecule has 7 nitrogen and oxygen atoms in total. The summed E-state index contributed by atoms with van der Waals surface area (Å²) in [5, 5.41) is 12.0. The summed E-state index contributed by atoms with van der Waals surface area (Å²) in [7, 11) is 1.45. The monoisotopic (exact) mass is 411 g/mol. The number of amides is 1. The van der Waals surface area contributed by atoms with Crippen molar-refractivity contribution in [3.05, 3.63) is 69.1 Å². The van der Waals surface area contributed by atoms with E-state index in [-0.39, 0.29) is 17.5 Å². The van der Waals surface area contributed by atoms with E-state index in [1.165, 1.54) is 24.9 Å². The number of nitro benzene ring substituents is 1. The number of rotatable bonds is 6. The van der Waals surface area contributed by atoms with Crippen LogP contribution in [0.2, 0.25) is 0 Å². The Morgan fingerprint density at radius 2 is 1.97 bits per heavy atom. The molecule has 1 heterocycles. The van der Waals surface area contributed by atoms with E-state index in [0.29, 0.717) is 27.9 Å². The Balaban J connectivity index is 2.01. The van der Waals surface area contributed by atoms with Gasteiger partial charge in [-0.2, -0.15) is 0 Å². The summed E-state index contributed by atoms with van der Waals surface area (Å²) in [6.07, 6.45) is 1.55. The third-order valence-electron chi connectivity index (χ3n) is 4.14. The van der Waals surface area contributed by atoms with Crippen molar-refractivity contribution in [3.8, 4) is 5.75 Å². The van der Waals surface area contributed by atoms with Crippen molar-refractivity contribution >= 4 is 40.3 Å². The number of nitro groups is 1. The number of nitrogens with zero attached hydrogens (tertiary/aromatic N) is 3. The van der Waals surface area contributed by atoms with Crippen LogP contribution in [-0.4, -0.2) is 34.6 Å². The second kappa shape index (κ2) is 8.91. The van der Waals surface area contributed by atoms with Gasteiger partial charge in [-0.1, -0.05) is 32.0 Å². The topological polar surface area (TPSA) is 85.0 Å². The van der Waals surface area contributed by atoms with E-state index in [2.05, 4.69) is 4.99 Å². The van der Waals surface area contributed by atoms with Gasteiger partial charge in [0.25, 0.3) is 11.6 Å². The Hall–Kier alpha value is -3.13. The summed E-state index contributed by atoms with van der Waals surface area (Å²) in [5.41, 5.74) is 0.972. The first-order valence-corrected chi connectivity index (χ1v) is 9.88. The van der Waals surface area contributed by atoms with Gasteiger partial charge in [0.2, 0.25) is 0 Å². The maximum absolute atomic E-state index is 13.0. The minimum Gasteiger partial charge on any atom is -0.497 e. The predicted octanol–water partition coefficient (Wildman–Crippen LogP) is 4.86. The second-order valence-electron chi connectivity index (χ2n) is 6.83. The summed E-state index contributed by atoms with van der Waals surface area (Å²) in [6.45, 7) is 4.56. The Kier molecular flexibility index (Phi) is 6.33. The molecule has 1 aliphatic rings. The quantitative estimate of drug-likeness (QED) is 0.385. The zero-order valence-corrected chi connectivity index (χ0v) is 17.2. The van der Waals surface area contributed by atoms with Gasteiger partial charge in [-0.05, 0) is 48.0 Å². The summed E-state index contributed by atoms with van der Waals surface area (Å²) in [6, 6.07) is 13.9. The molecule has 2 aromatic rings. The van der Waals surface area contributed by atoms with Crippen molar-refractivity contribution in [2.75, 3.05) is 13.7 Å². The van der Waals surface area contributed by atoms with Gasteiger partial charge in [-0.25, -0.2) is 4.99 Å².